The zero-order valence-electron chi connectivity index (χ0n) is 11.4. The van der Waals surface area contributed by atoms with E-state index in [0.29, 0.717) is 5.02 Å². The lowest BCUT2D eigenvalue weighted by Crippen LogP contribution is -1.92. The molecule has 1 nitrogen and oxygen atoms in total. The van der Waals surface area contributed by atoms with Gasteiger partial charge in [-0.1, -0.05) is 55.8 Å². The summed E-state index contributed by atoms with van der Waals surface area (Å²) in [7, 11) is 0. The van der Waals surface area contributed by atoms with Crippen LogP contribution < -0.4 is 0 Å². The van der Waals surface area contributed by atoms with Crippen LogP contribution in [0, 0.1) is 0 Å². The van der Waals surface area contributed by atoms with Crippen LogP contribution in [0.25, 0.3) is 0 Å². The minimum atomic E-state index is 0.217. The minimum Gasteiger partial charge on any atom is -0.506 e. The summed E-state index contributed by atoms with van der Waals surface area (Å²) in [5.74, 6) is 0.217. The molecule has 0 atom stereocenters. The summed E-state index contributed by atoms with van der Waals surface area (Å²) < 4.78 is 0. The number of rotatable bonds is 4. The number of halogens is 1. The summed E-state index contributed by atoms with van der Waals surface area (Å²) in [6.07, 6.45) is 2.69. The SMILES string of the molecule is CCc1ccc(Cc2cc(Cl)c(O)c(CC)c2)cc1. The highest BCUT2D eigenvalue weighted by Gasteiger charge is 2.07. The van der Waals surface area contributed by atoms with E-state index in [1.165, 1.54) is 11.1 Å². The van der Waals surface area contributed by atoms with Gasteiger partial charge in [0.1, 0.15) is 5.75 Å². The predicted octanol–water partition coefficient (Wildman–Crippen LogP) is 4.76. The lowest BCUT2D eigenvalue weighted by molar-refractivity contribution is 0.469. The number of benzene rings is 2. The molecule has 0 aliphatic carbocycles. The van der Waals surface area contributed by atoms with Crippen molar-refractivity contribution in [3.63, 3.8) is 0 Å². The fourth-order valence-electron chi connectivity index (χ4n) is 2.22. The molecule has 19 heavy (non-hydrogen) atoms. The van der Waals surface area contributed by atoms with E-state index in [-0.39, 0.29) is 5.75 Å². The number of hydrogen-bond acceptors (Lipinski definition) is 1. The quantitative estimate of drug-likeness (QED) is 0.852. The third-order valence-corrected chi connectivity index (χ3v) is 3.71. The van der Waals surface area contributed by atoms with Crippen molar-refractivity contribution >= 4 is 11.6 Å². The first kappa shape index (κ1) is 14.0. The Morgan fingerprint density at radius 3 is 2.11 bits per heavy atom. The third kappa shape index (κ3) is 3.30. The lowest BCUT2D eigenvalue weighted by atomic mass is 10.00. The molecule has 2 aromatic carbocycles. The predicted molar refractivity (Wildman–Crippen MR) is 81.1 cm³/mol. The van der Waals surface area contributed by atoms with Crippen LogP contribution in [0.2, 0.25) is 5.02 Å². The standard InChI is InChI=1S/C17H19ClO/c1-3-12-5-7-13(8-6-12)9-14-10-15(4-2)17(19)16(18)11-14/h5-8,10-11,19H,3-4,9H2,1-2H3. The molecule has 0 fully saturated rings. The first-order chi connectivity index (χ1) is 9.13. The monoisotopic (exact) mass is 274 g/mol. The molecule has 0 radical (unpaired) electrons. The number of aromatic hydroxyl groups is 1. The molecule has 2 heteroatoms. The van der Waals surface area contributed by atoms with Gasteiger partial charge >= 0.3 is 0 Å². The van der Waals surface area contributed by atoms with Crippen LogP contribution in [0.5, 0.6) is 5.75 Å². The van der Waals surface area contributed by atoms with Gasteiger partial charge in [-0.15, -0.1) is 0 Å². The van der Waals surface area contributed by atoms with E-state index in [0.717, 1.165) is 30.4 Å². The second kappa shape index (κ2) is 6.12. The maximum Gasteiger partial charge on any atom is 0.137 e. The number of phenols is 1. The van der Waals surface area contributed by atoms with Gasteiger partial charge in [-0.05, 0) is 47.6 Å². The van der Waals surface area contributed by atoms with Gasteiger partial charge in [0.2, 0.25) is 0 Å². The first-order valence-corrected chi connectivity index (χ1v) is 7.10. The van der Waals surface area contributed by atoms with Crippen molar-refractivity contribution < 1.29 is 5.11 Å². The van der Waals surface area contributed by atoms with Crippen molar-refractivity contribution in [2.75, 3.05) is 0 Å². The summed E-state index contributed by atoms with van der Waals surface area (Å²) in [4.78, 5) is 0. The van der Waals surface area contributed by atoms with Crippen molar-refractivity contribution in [2.24, 2.45) is 0 Å². The zero-order chi connectivity index (χ0) is 13.8. The maximum absolute atomic E-state index is 9.82. The molecule has 0 spiro atoms. The van der Waals surface area contributed by atoms with E-state index in [4.69, 9.17) is 11.6 Å². The highest BCUT2D eigenvalue weighted by Crippen LogP contribution is 2.30. The first-order valence-electron chi connectivity index (χ1n) is 6.72. The van der Waals surface area contributed by atoms with E-state index < -0.39 is 0 Å². The Morgan fingerprint density at radius 2 is 1.53 bits per heavy atom. The van der Waals surface area contributed by atoms with Crippen LogP contribution in [-0.2, 0) is 19.3 Å². The molecule has 0 aliphatic heterocycles. The van der Waals surface area contributed by atoms with E-state index >= 15 is 0 Å². The summed E-state index contributed by atoms with van der Waals surface area (Å²) in [6.45, 7) is 4.17. The van der Waals surface area contributed by atoms with Gasteiger partial charge in [0, 0.05) is 0 Å². The van der Waals surface area contributed by atoms with Crippen LogP contribution in [0.3, 0.4) is 0 Å². The van der Waals surface area contributed by atoms with Crippen molar-refractivity contribution in [1.82, 2.24) is 0 Å². The second-order valence-corrected chi connectivity index (χ2v) is 5.19. The molecular weight excluding hydrogens is 256 g/mol. The molecule has 1 N–H and O–H groups in total. The number of phenolic OH excluding ortho intramolecular Hbond substituents is 1. The molecule has 0 bridgehead atoms. The van der Waals surface area contributed by atoms with E-state index in [2.05, 4.69) is 31.2 Å². The van der Waals surface area contributed by atoms with Gasteiger partial charge < -0.3 is 5.11 Å². The Labute approximate surface area is 119 Å². The summed E-state index contributed by atoms with van der Waals surface area (Å²) >= 11 is 6.06. The summed E-state index contributed by atoms with van der Waals surface area (Å²) in [6, 6.07) is 12.5. The van der Waals surface area contributed by atoms with Gasteiger partial charge in [0.25, 0.3) is 0 Å². The van der Waals surface area contributed by atoms with Gasteiger partial charge in [-0.3, -0.25) is 0 Å². The molecule has 0 heterocycles. The topological polar surface area (TPSA) is 20.2 Å². The molecule has 0 saturated heterocycles. The molecule has 100 valence electrons. The van der Waals surface area contributed by atoms with E-state index in [1.54, 1.807) is 0 Å². The highest BCUT2D eigenvalue weighted by atomic mass is 35.5. The maximum atomic E-state index is 9.82. The second-order valence-electron chi connectivity index (χ2n) is 4.79. The molecule has 0 saturated carbocycles. The summed E-state index contributed by atoms with van der Waals surface area (Å²) in [5, 5.41) is 10.3. The molecule has 2 aromatic rings. The minimum absolute atomic E-state index is 0.217. The summed E-state index contributed by atoms with van der Waals surface area (Å²) in [5.41, 5.74) is 4.67. The van der Waals surface area contributed by atoms with Crippen molar-refractivity contribution in [1.29, 1.82) is 0 Å². The Morgan fingerprint density at radius 1 is 0.895 bits per heavy atom. The Kier molecular flexibility index (Phi) is 4.49. The smallest absolute Gasteiger partial charge is 0.137 e. The molecule has 2 rings (SSSR count). The molecule has 0 aliphatic rings. The molecular formula is C17H19ClO. The van der Waals surface area contributed by atoms with Crippen molar-refractivity contribution in [3.8, 4) is 5.75 Å². The van der Waals surface area contributed by atoms with Crippen LogP contribution in [0.4, 0.5) is 0 Å². The Balaban J connectivity index is 2.25. The average molecular weight is 275 g/mol. The third-order valence-electron chi connectivity index (χ3n) is 3.42. The zero-order valence-corrected chi connectivity index (χ0v) is 12.2. The van der Waals surface area contributed by atoms with Gasteiger partial charge in [0.15, 0.2) is 0 Å². The van der Waals surface area contributed by atoms with Crippen LogP contribution in [0.15, 0.2) is 36.4 Å². The highest BCUT2D eigenvalue weighted by molar-refractivity contribution is 6.32. The van der Waals surface area contributed by atoms with E-state index in [1.807, 2.05) is 19.1 Å². The van der Waals surface area contributed by atoms with Crippen LogP contribution in [-0.4, -0.2) is 5.11 Å². The van der Waals surface area contributed by atoms with Gasteiger partial charge in [0.05, 0.1) is 5.02 Å². The van der Waals surface area contributed by atoms with E-state index in [9.17, 15) is 5.11 Å². The number of hydrogen-bond donors (Lipinski definition) is 1. The fraction of sp³-hybridized carbons (Fsp3) is 0.294. The normalized spacial score (nSPS) is 10.7. The van der Waals surface area contributed by atoms with Crippen LogP contribution >= 0.6 is 11.6 Å². The Hall–Kier alpha value is -1.47. The largest absolute Gasteiger partial charge is 0.506 e. The molecule has 0 amide bonds. The average Bonchev–Trinajstić information content (AvgIpc) is 2.43. The van der Waals surface area contributed by atoms with Crippen molar-refractivity contribution in [3.05, 3.63) is 63.7 Å². The molecule has 0 unspecified atom stereocenters. The number of aryl methyl sites for hydroxylation is 2. The fourth-order valence-corrected chi connectivity index (χ4v) is 2.48. The van der Waals surface area contributed by atoms with Crippen LogP contribution in [0.1, 0.15) is 36.1 Å². The Bertz CT molecular complexity index is 558. The lowest BCUT2D eigenvalue weighted by Gasteiger charge is -2.09. The van der Waals surface area contributed by atoms with Gasteiger partial charge in [-0.25, -0.2) is 0 Å². The molecule has 0 aromatic heterocycles. The van der Waals surface area contributed by atoms with Crippen molar-refractivity contribution in [2.45, 2.75) is 33.1 Å². The van der Waals surface area contributed by atoms with Gasteiger partial charge in [-0.2, -0.15) is 0 Å².